The maximum absolute atomic E-state index is 12.6. The smallest absolute Gasteiger partial charge is 0.251 e. The molecule has 31 heavy (non-hydrogen) atoms. The van der Waals surface area contributed by atoms with Crippen LogP contribution in [0.3, 0.4) is 0 Å². The number of methoxy groups -OCH3 is 1. The molecule has 0 spiro atoms. The number of hydrogen-bond acceptors (Lipinski definition) is 5. The minimum absolute atomic E-state index is 0.0319. The van der Waals surface area contributed by atoms with Gasteiger partial charge in [0.2, 0.25) is 0 Å². The Morgan fingerprint density at radius 1 is 1.10 bits per heavy atom. The van der Waals surface area contributed by atoms with Gasteiger partial charge in [-0.25, -0.2) is 0 Å². The van der Waals surface area contributed by atoms with Crippen LogP contribution in [0.5, 0.6) is 0 Å². The highest BCUT2D eigenvalue weighted by Crippen LogP contribution is 2.25. The number of carbonyl (C=O) groups excluding carboxylic acids is 1. The summed E-state index contributed by atoms with van der Waals surface area (Å²) in [4.78, 5) is 12.6. The monoisotopic (exact) mass is 438 g/mol. The van der Waals surface area contributed by atoms with Crippen LogP contribution in [0.4, 0.5) is 0 Å². The van der Waals surface area contributed by atoms with Crippen LogP contribution in [-0.4, -0.2) is 40.9 Å². The van der Waals surface area contributed by atoms with Crippen molar-refractivity contribution in [3.05, 3.63) is 77.1 Å². The zero-order valence-electron chi connectivity index (χ0n) is 18.4. The number of ether oxygens (including phenoxy) is 1. The number of nitrogens with zero attached hydrogens (tertiary/aromatic N) is 3. The number of amides is 1. The van der Waals surface area contributed by atoms with Crippen LogP contribution in [0, 0.1) is 5.92 Å². The number of benzene rings is 2. The highest BCUT2D eigenvalue weighted by molar-refractivity contribution is 7.98. The topological polar surface area (TPSA) is 69.0 Å². The van der Waals surface area contributed by atoms with Crippen molar-refractivity contribution in [1.82, 2.24) is 20.1 Å². The molecule has 1 amide bonds. The molecule has 0 atom stereocenters. The van der Waals surface area contributed by atoms with E-state index in [1.165, 1.54) is 5.56 Å². The first-order valence-electron chi connectivity index (χ1n) is 10.5. The summed E-state index contributed by atoms with van der Waals surface area (Å²) in [5.74, 6) is 1.93. The predicted octanol–water partition coefficient (Wildman–Crippen LogP) is 4.19. The zero-order chi connectivity index (χ0) is 22.1. The minimum Gasteiger partial charge on any atom is -0.383 e. The molecule has 0 radical (unpaired) electrons. The molecule has 3 aromatic rings. The van der Waals surface area contributed by atoms with Crippen LogP contribution in [0.15, 0.2) is 59.8 Å². The molecule has 1 N–H and O–H groups in total. The first-order valence-corrected chi connectivity index (χ1v) is 11.5. The maximum Gasteiger partial charge on any atom is 0.251 e. The van der Waals surface area contributed by atoms with Crippen LogP contribution >= 0.6 is 11.8 Å². The van der Waals surface area contributed by atoms with Gasteiger partial charge in [0.15, 0.2) is 5.16 Å². The highest BCUT2D eigenvalue weighted by Gasteiger charge is 2.16. The van der Waals surface area contributed by atoms with E-state index in [4.69, 9.17) is 4.74 Å². The summed E-state index contributed by atoms with van der Waals surface area (Å²) in [7, 11) is 1.69. The van der Waals surface area contributed by atoms with E-state index in [0.29, 0.717) is 43.4 Å². The van der Waals surface area contributed by atoms with Gasteiger partial charge in [0.25, 0.3) is 5.91 Å². The van der Waals surface area contributed by atoms with Crippen LogP contribution in [0.25, 0.3) is 0 Å². The second kappa shape index (κ2) is 11.7. The Morgan fingerprint density at radius 3 is 2.58 bits per heavy atom. The summed E-state index contributed by atoms with van der Waals surface area (Å²) in [6.07, 6.45) is 0.715. The Hall–Kier alpha value is -2.64. The van der Waals surface area contributed by atoms with E-state index in [1.54, 1.807) is 18.9 Å². The van der Waals surface area contributed by atoms with E-state index in [1.807, 2.05) is 42.5 Å². The van der Waals surface area contributed by atoms with E-state index in [9.17, 15) is 4.79 Å². The van der Waals surface area contributed by atoms with Crippen LogP contribution in [0.2, 0.25) is 0 Å². The molecule has 0 aliphatic carbocycles. The summed E-state index contributed by atoms with van der Waals surface area (Å²) in [6.45, 7) is 6.10. The van der Waals surface area contributed by atoms with Gasteiger partial charge < -0.3 is 14.6 Å². The van der Waals surface area contributed by atoms with Crippen LogP contribution in [-0.2, 0) is 23.5 Å². The third-order valence-corrected chi connectivity index (χ3v) is 5.82. The fraction of sp³-hybridized carbons (Fsp3) is 0.375. The fourth-order valence-corrected chi connectivity index (χ4v) is 4.13. The molecular formula is C24H30N4O2S. The summed E-state index contributed by atoms with van der Waals surface area (Å²) in [5, 5.41) is 12.7. The number of hydrogen-bond donors (Lipinski definition) is 1. The molecule has 7 heteroatoms. The van der Waals surface area contributed by atoms with E-state index >= 15 is 0 Å². The number of aromatic nitrogens is 3. The van der Waals surface area contributed by atoms with Gasteiger partial charge in [0, 0.05) is 37.9 Å². The quantitative estimate of drug-likeness (QED) is 0.455. The second-order valence-electron chi connectivity index (χ2n) is 7.76. The molecule has 1 aromatic heterocycles. The molecule has 0 saturated heterocycles. The van der Waals surface area contributed by atoms with Crippen molar-refractivity contribution < 1.29 is 9.53 Å². The van der Waals surface area contributed by atoms with E-state index < -0.39 is 0 Å². The Labute approximate surface area is 188 Å². The Balaban J connectivity index is 1.75. The normalized spacial score (nSPS) is 11.1. The SMILES string of the molecule is COCCn1c(Cc2ccccc2)nnc1SCc1ccccc1C(=O)NCC(C)C. The van der Waals surface area contributed by atoms with Gasteiger partial charge in [-0.3, -0.25) is 4.79 Å². The average Bonchev–Trinajstić information content (AvgIpc) is 3.16. The van der Waals surface area contributed by atoms with Crippen molar-refractivity contribution in [2.24, 2.45) is 5.92 Å². The predicted molar refractivity (Wildman–Crippen MR) is 124 cm³/mol. The molecule has 1 heterocycles. The maximum atomic E-state index is 12.6. The summed E-state index contributed by atoms with van der Waals surface area (Å²) in [5.41, 5.74) is 2.89. The zero-order valence-corrected chi connectivity index (χ0v) is 19.2. The molecule has 0 aliphatic heterocycles. The van der Waals surface area contributed by atoms with Gasteiger partial charge in [-0.1, -0.05) is 74.1 Å². The summed E-state index contributed by atoms with van der Waals surface area (Å²) in [6, 6.07) is 18.0. The molecule has 3 rings (SSSR count). The molecule has 164 valence electrons. The van der Waals surface area contributed by atoms with E-state index in [0.717, 1.165) is 16.5 Å². The molecule has 6 nitrogen and oxygen atoms in total. The Bertz CT molecular complexity index is 973. The van der Waals surface area contributed by atoms with Gasteiger partial charge in [-0.2, -0.15) is 0 Å². The average molecular weight is 439 g/mol. The number of carbonyl (C=O) groups is 1. The minimum atomic E-state index is -0.0319. The number of nitrogens with one attached hydrogen (secondary N) is 1. The van der Waals surface area contributed by atoms with E-state index in [-0.39, 0.29) is 5.91 Å². The number of thioether (sulfide) groups is 1. The lowest BCUT2D eigenvalue weighted by Crippen LogP contribution is -2.28. The van der Waals surface area contributed by atoms with Gasteiger partial charge >= 0.3 is 0 Å². The molecule has 2 aromatic carbocycles. The van der Waals surface area contributed by atoms with Crippen LogP contribution in [0.1, 0.15) is 41.2 Å². The Morgan fingerprint density at radius 2 is 1.84 bits per heavy atom. The van der Waals surface area contributed by atoms with E-state index in [2.05, 4.69) is 46.1 Å². The Kier molecular flexibility index (Phi) is 8.67. The van der Waals surface area contributed by atoms with Crippen molar-refractivity contribution >= 4 is 17.7 Å². The molecule has 0 saturated carbocycles. The van der Waals surface area contributed by atoms with Crippen LogP contribution < -0.4 is 5.32 Å². The summed E-state index contributed by atoms with van der Waals surface area (Å²) >= 11 is 1.59. The number of rotatable bonds is 11. The highest BCUT2D eigenvalue weighted by atomic mass is 32.2. The van der Waals surface area contributed by atoms with Crippen molar-refractivity contribution in [3.8, 4) is 0 Å². The van der Waals surface area contributed by atoms with Gasteiger partial charge in [-0.05, 0) is 23.1 Å². The molecule has 0 fully saturated rings. The van der Waals surface area contributed by atoms with Gasteiger partial charge in [0.05, 0.1) is 6.61 Å². The lowest BCUT2D eigenvalue weighted by molar-refractivity contribution is 0.0948. The van der Waals surface area contributed by atoms with Gasteiger partial charge in [-0.15, -0.1) is 10.2 Å². The first kappa shape index (κ1) is 23.0. The lowest BCUT2D eigenvalue weighted by Gasteiger charge is -2.12. The van der Waals surface area contributed by atoms with Crippen molar-refractivity contribution in [2.45, 2.75) is 37.7 Å². The standard InChI is InChI=1S/C24H30N4O2S/c1-18(2)16-25-23(29)21-12-8-7-11-20(21)17-31-24-27-26-22(28(24)13-14-30-3)15-19-9-5-4-6-10-19/h4-12,18H,13-17H2,1-3H3,(H,25,29). The fourth-order valence-electron chi connectivity index (χ4n) is 3.14. The molecule has 0 bridgehead atoms. The lowest BCUT2D eigenvalue weighted by atomic mass is 10.1. The molecule has 0 unspecified atom stereocenters. The summed E-state index contributed by atoms with van der Waals surface area (Å²) < 4.78 is 7.41. The van der Waals surface area contributed by atoms with Gasteiger partial charge in [0.1, 0.15) is 5.82 Å². The van der Waals surface area contributed by atoms with Crippen molar-refractivity contribution in [1.29, 1.82) is 0 Å². The third kappa shape index (κ3) is 6.67. The second-order valence-corrected chi connectivity index (χ2v) is 8.70. The van der Waals surface area contributed by atoms with Crippen molar-refractivity contribution in [3.63, 3.8) is 0 Å². The van der Waals surface area contributed by atoms with Crippen molar-refractivity contribution in [2.75, 3.05) is 20.3 Å². The molecular weight excluding hydrogens is 408 g/mol. The largest absolute Gasteiger partial charge is 0.383 e. The first-order chi connectivity index (χ1) is 15.1. The third-order valence-electron chi connectivity index (χ3n) is 4.81. The molecule has 0 aliphatic rings.